The molecule has 0 fully saturated rings. The zero-order chi connectivity index (χ0) is 11.8. The first-order chi connectivity index (χ1) is 7.68. The largest absolute Gasteiger partial charge is 0.493 e. The molecule has 1 aromatic rings. The topological polar surface area (TPSA) is 9.23 Å². The van der Waals surface area contributed by atoms with Crippen molar-refractivity contribution in [3.63, 3.8) is 0 Å². The molecule has 1 heterocycles. The Morgan fingerprint density at radius 2 is 2.00 bits per heavy atom. The van der Waals surface area contributed by atoms with Gasteiger partial charge in [0, 0.05) is 5.38 Å². The summed E-state index contributed by atoms with van der Waals surface area (Å²) in [5, 5.41) is 4.12. The molecule has 0 amide bonds. The van der Waals surface area contributed by atoms with Gasteiger partial charge in [-0.05, 0) is 29.7 Å². The van der Waals surface area contributed by atoms with E-state index in [1.165, 1.54) is 25.7 Å². The standard InChI is InChI=1S/C14H24OS/c1-12(2)5-4-6-13(3)7-9-15-14-8-10-16-11-14/h8,10-13H,4-7,9H2,1-3H3. The fourth-order valence-corrected chi connectivity index (χ4v) is 2.30. The average molecular weight is 240 g/mol. The van der Waals surface area contributed by atoms with Crippen molar-refractivity contribution in [2.45, 2.75) is 46.5 Å². The molecule has 0 saturated heterocycles. The highest BCUT2D eigenvalue weighted by atomic mass is 32.1. The van der Waals surface area contributed by atoms with Crippen molar-refractivity contribution in [3.05, 3.63) is 16.8 Å². The van der Waals surface area contributed by atoms with Gasteiger partial charge in [-0.2, -0.15) is 0 Å². The van der Waals surface area contributed by atoms with Crippen molar-refractivity contribution in [1.82, 2.24) is 0 Å². The molecule has 1 nitrogen and oxygen atoms in total. The summed E-state index contributed by atoms with van der Waals surface area (Å²) in [4.78, 5) is 0. The second-order valence-electron chi connectivity index (χ2n) is 5.03. The van der Waals surface area contributed by atoms with Crippen molar-refractivity contribution in [3.8, 4) is 5.75 Å². The zero-order valence-electron chi connectivity index (χ0n) is 10.7. The first-order valence-electron chi connectivity index (χ1n) is 6.33. The molecule has 92 valence electrons. The van der Waals surface area contributed by atoms with Gasteiger partial charge in [-0.1, -0.05) is 40.0 Å². The van der Waals surface area contributed by atoms with E-state index in [0.717, 1.165) is 24.2 Å². The van der Waals surface area contributed by atoms with Crippen LogP contribution in [0.25, 0.3) is 0 Å². The van der Waals surface area contributed by atoms with Crippen molar-refractivity contribution in [2.24, 2.45) is 11.8 Å². The molecule has 2 heteroatoms. The van der Waals surface area contributed by atoms with Gasteiger partial charge in [0.2, 0.25) is 0 Å². The summed E-state index contributed by atoms with van der Waals surface area (Å²) in [7, 11) is 0. The zero-order valence-corrected chi connectivity index (χ0v) is 11.6. The smallest absolute Gasteiger partial charge is 0.129 e. The SMILES string of the molecule is CC(C)CCCC(C)CCOc1ccsc1. The predicted molar refractivity (Wildman–Crippen MR) is 72.3 cm³/mol. The third-order valence-electron chi connectivity index (χ3n) is 2.85. The Morgan fingerprint density at radius 1 is 1.19 bits per heavy atom. The first kappa shape index (κ1) is 13.6. The van der Waals surface area contributed by atoms with Gasteiger partial charge in [-0.3, -0.25) is 0 Å². The van der Waals surface area contributed by atoms with Gasteiger partial charge in [-0.15, -0.1) is 11.3 Å². The number of ether oxygens (including phenoxy) is 1. The lowest BCUT2D eigenvalue weighted by molar-refractivity contribution is 0.276. The summed E-state index contributed by atoms with van der Waals surface area (Å²) in [5.74, 6) is 2.66. The number of rotatable bonds is 8. The van der Waals surface area contributed by atoms with Crippen molar-refractivity contribution >= 4 is 11.3 Å². The van der Waals surface area contributed by atoms with Gasteiger partial charge < -0.3 is 4.74 Å². The van der Waals surface area contributed by atoms with Crippen LogP contribution in [0.15, 0.2) is 16.8 Å². The minimum absolute atomic E-state index is 0.789. The van der Waals surface area contributed by atoms with Crippen molar-refractivity contribution in [1.29, 1.82) is 0 Å². The lowest BCUT2D eigenvalue weighted by atomic mass is 9.98. The summed E-state index contributed by atoms with van der Waals surface area (Å²) in [5.41, 5.74) is 0. The molecule has 0 aliphatic heterocycles. The van der Waals surface area contributed by atoms with Crippen LogP contribution in [-0.4, -0.2) is 6.61 Å². The summed E-state index contributed by atoms with van der Waals surface area (Å²) >= 11 is 1.69. The van der Waals surface area contributed by atoms with E-state index in [-0.39, 0.29) is 0 Å². The minimum atomic E-state index is 0.789. The van der Waals surface area contributed by atoms with Crippen LogP contribution in [0.2, 0.25) is 0 Å². The van der Waals surface area contributed by atoms with Crippen LogP contribution in [0.3, 0.4) is 0 Å². The summed E-state index contributed by atoms with van der Waals surface area (Å²) < 4.78 is 5.65. The van der Waals surface area contributed by atoms with Crippen molar-refractivity contribution in [2.75, 3.05) is 6.61 Å². The molecule has 0 N–H and O–H groups in total. The highest BCUT2D eigenvalue weighted by Gasteiger charge is 2.03. The average Bonchev–Trinajstić information content (AvgIpc) is 2.70. The van der Waals surface area contributed by atoms with Gasteiger partial charge >= 0.3 is 0 Å². The highest BCUT2D eigenvalue weighted by molar-refractivity contribution is 7.08. The molecular weight excluding hydrogens is 216 g/mol. The molecule has 0 aromatic carbocycles. The van der Waals surface area contributed by atoms with E-state index in [4.69, 9.17) is 4.74 Å². The third-order valence-corrected chi connectivity index (χ3v) is 3.51. The monoisotopic (exact) mass is 240 g/mol. The maximum atomic E-state index is 5.65. The van der Waals surface area contributed by atoms with E-state index in [0.29, 0.717) is 0 Å². The van der Waals surface area contributed by atoms with Gasteiger partial charge in [0.1, 0.15) is 5.75 Å². The second-order valence-corrected chi connectivity index (χ2v) is 5.81. The summed E-state index contributed by atoms with van der Waals surface area (Å²) in [6.45, 7) is 7.78. The number of hydrogen-bond acceptors (Lipinski definition) is 2. The van der Waals surface area contributed by atoms with E-state index in [1.54, 1.807) is 11.3 Å². The minimum Gasteiger partial charge on any atom is -0.493 e. The molecule has 0 bridgehead atoms. The van der Waals surface area contributed by atoms with Crippen molar-refractivity contribution < 1.29 is 4.74 Å². The molecule has 0 aliphatic rings. The van der Waals surface area contributed by atoms with Gasteiger partial charge in [0.05, 0.1) is 6.61 Å². The van der Waals surface area contributed by atoms with Crippen LogP contribution in [0.5, 0.6) is 5.75 Å². The molecule has 1 aromatic heterocycles. The lowest BCUT2D eigenvalue weighted by Gasteiger charge is -2.12. The van der Waals surface area contributed by atoms with E-state index < -0.39 is 0 Å². The molecule has 1 unspecified atom stereocenters. The predicted octanol–water partition coefficient (Wildman–Crippen LogP) is 4.98. The molecule has 0 spiro atoms. The summed E-state index contributed by atoms with van der Waals surface area (Å²) in [6, 6.07) is 2.04. The van der Waals surface area contributed by atoms with Crippen LogP contribution in [0, 0.1) is 11.8 Å². The van der Waals surface area contributed by atoms with Crippen LogP contribution in [-0.2, 0) is 0 Å². The second kappa shape index (κ2) is 7.72. The fourth-order valence-electron chi connectivity index (χ4n) is 1.73. The van der Waals surface area contributed by atoms with Gasteiger partial charge in [0.25, 0.3) is 0 Å². The normalized spacial score (nSPS) is 13.0. The number of hydrogen-bond donors (Lipinski definition) is 0. The Morgan fingerprint density at radius 3 is 2.62 bits per heavy atom. The highest BCUT2D eigenvalue weighted by Crippen LogP contribution is 2.18. The molecule has 1 rings (SSSR count). The first-order valence-corrected chi connectivity index (χ1v) is 7.27. The molecule has 0 saturated carbocycles. The Hall–Kier alpha value is -0.500. The van der Waals surface area contributed by atoms with E-state index in [1.807, 2.05) is 6.07 Å². The summed E-state index contributed by atoms with van der Waals surface area (Å²) in [6.07, 6.45) is 5.23. The van der Waals surface area contributed by atoms with Crippen LogP contribution >= 0.6 is 11.3 Å². The van der Waals surface area contributed by atoms with Crippen LogP contribution in [0.1, 0.15) is 46.5 Å². The maximum Gasteiger partial charge on any atom is 0.129 e. The molecule has 16 heavy (non-hydrogen) atoms. The quantitative estimate of drug-likeness (QED) is 0.622. The molecule has 0 radical (unpaired) electrons. The number of thiophene rings is 1. The van der Waals surface area contributed by atoms with Crippen LogP contribution in [0.4, 0.5) is 0 Å². The fraction of sp³-hybridized carbons (Fsp3) is 0.714. The third kappa shape index (κ3) is 6.16. The van der Waals surface area contributed by atoms with Gasteiger partial charge in [0.15, 0.2) is 0 Å². The lowest BCUT2D eigenvalue weighted by Crippen LogP contribution is -2.04. The Labute approximate surface area is 104 Å². The Bertz CT molecular complexity index is 254. The van der Waals surface area contributed by atoms with Crippen LogP contribution < -0.4 is 4.74 Å². The maximum absolute atomic E-state index is 5.65. The molecular formula is C14H24OS. The molecule has 0 aliphatic carbocycles. The van der Waals surface area contributed by atoms with E-state index in [9.17, 15) is 0 Å². The Balaban J connectivity index is 2.00. The molecule has 1 atom stereocenters. The van der Waals surface area contributed by atoms with E-state index >= 15 is 0 Å². The van der Waals surface area contributed by atoms with E-state index in [2.05, 4.69) is 31.5 Å². The Kier molecular flexibility index (Phi) is 6.55. The van der Waals surface area contributed by atoms with Gasteiger partial charge in [-0.25, -0.2) is 0 Å².